The third-order valence-electron chi connectivity index (χ3n) is 3.16. The summed E-state index contributed by atoms with van der Waals surface area (Å²) in [6.07, 6.45) is 3.70. The molecule has 0 radical (unpaired) electrons. The molecule has 1 aliphatic rings. The predicted molar refractivity (Wildman–Crippen MR) is 66.0 cm³/mol. The Bertz CT molecular complexity index is 522. The van der Waals surface area contributed by atoms with Crippen LogP contribution < -0.4 is 4.74 Å². The minimum atomic E-state index is -0.325. The summed E-state index contributed by atoms with van der Waals surface area (Å²) in [5.74, 6) is 1.23. The molecule has 3 nitrogen and oxygen atoms in total. The van der Waals surface area contributed by atoms with E-state index in [-0.39, 0.29) is 6.10 Å². The number of pyridine rings is 1. The summed E-state index contributed by atoms with van der Waals surface area (Å²) in [4.78, 5) is 4.27. The molecule has 0 saturated heterocycles. The number of fused-ring (bicyclic) bond motifs is 1. The Hall–Kier alpha value is -1.61. The van der Waals surface area contributed by atoms with Crippen LogP contribution in [0, 0.1) is 5.92 Å². The maximum absolute atomic E-state index is 9.72. The van der Waals surface area contributed by atoms with Crippen molar-refractivity contribution in [2.45, 2.75) is 18.9 Å². The molecule has 0 spiro atoms. The summed E-state index contributed by atoms with van der Waals surface area (Å²) < 4.78 is 5.59. The summed E-state index contributed by atoms with van der Waals surface area (Å²) in [6, 6.07) is 9.75. The Morgan fingerprint density at radius 1 is 1.35 bits per heavy atom. The van der Waals surface area contributed by atoms with E-state index in [0.29, 0.717) is 12.5 Å². The Morgan fingerprint density at radius 3 is 3.06 bits per heavy atom. The lowest BCUT2D eigenvalue weighted by molar-refractivity contribution is 0.0895. The minimum absolute atomic E-state index is 0.325. The molecule has 1 N–H and O–H groups in total. The highest BCUT2D eigenvalue weighted by Crippen LogP contribution is 2.32. The van der Waals surface area contributed by atoms with Crippen molar-refractivity contribution < 1.29 is 9.84 Å². The van der Waals surface area contributed by atoms with Gasteiger partial charge in [-0.15, -0.1) is 0 Å². The molecule has 1 unspecified atom stereocenters. The normalized spacial score (nSPS) is 17.0. The molecular weight excluding hydrogens is 214 g/mol. The number of hydrogen-bond donors (Lipinski definition) is 1. The summed E-state index contributed by atoms with van der Waals surface area (Å²) in [6.45, 7) is 0.378. The zero-order valence-electron chi connectivity index (χ0n) is 9.54. The fourth-order valence-corrected chi connectivity index (χ4v) is 1.93. The SMILES string of the molecule is OC(COc1ccc2cccnc2c1)C1CC1. The van der Waals surface area contributed by atoms with E-state index >= 15 is 0 Å². The number of ether oxygens (including phenoxy) is 1. The first-order chi connectivity index (χ1) is 8.33. The molecule has 2 aromatic rings. The average Bonchev–Trinajstić information content (AvgIpc) is 3.20. The molecule has 3 rings (SSSR count). The lowest BCUT2D eigenvalue weighted by atomic mass is 10.2. The van der Waals surface area contributed by atoms with E-state index in [2.05, 4.69) is 4.98 Å². The second kappa shape index (κ2) is 4.34. The third kappa shape index (κ3) is 2.39. The molecular formula is C14H15NO2. The van der Waals surface area contributed by atoms with Gasteiger partial charge in [-0.05, 0) is 37.0 Å². The summed E-state index contributed by atoms with van der Waals surface area (Å²) in [5.41, 5.74) is 0.922. The van der Waals surface area contributed by atoms with E-state index in [1.54, 1.807) is 6.20 Å². The lowest BCUT2D eigenvalue weighted by Gasteiger charge is -2.11. The maximum atomic E-state index is 9.72. The van der Waals surface area contributed by atoms with Crippen LogP contribution in [0.4, 0.5) is 0 Å². The second-order valence-electron chi connectivity index (χ2n) is 4.57. The van der Waals surface area contributed by atoms with Crippen molar-refractivity contribution in [3.63, 3.8) is 0 Å². The van der Waals surface area contributed by atoms with Gasteiger partial charge in [-0.25, -0.2) is 0 Å². The number of aromatic nitrogens is 1. The van der Waals surface area contributed by atoms with Crippen molar-refractivity contribution in [2.75, 3.05) is 6.61 Å². The minimum Gasteiger partial charge on any atom is -0.491 e. The van der Waals surface area contributed by atoms with Crippen LogP contribution in [0.5, 0.6) is 5.75 Å². The van der Waals surface area contributed by atoms with E-state index in [0.717, 1.165) is 29.5 Å². The monoisotopic (exact) mass is 229 g/mol. The molecule has 1 fully saturated rings. The number of rotatable bonds is 4. The van der Waals surface area contributed by atoms with Crippen molar-refractivity contribution in [1.29, 1.82) is 0 Å². The third-order valence-corrected chi connectivity index (χ3v) is 3.16. The van der Waals surface area contributed by atoms with Crippen LogP contribution >= 0.6 is 0 Å². The van der Waals surface area contributed by atoms with E-state index in [1.807, 2.05) is 30.3 Å². The number of hydrogen-bond acceptors (Lipinski definition) is 3. The highest BCUT2D eigenvalue weighted by Gasteiger charge is 2.29. The van der Waals surface area contributed by atoms with Crippen LogP contribution in [0.1, 0.15) is 12.8 Å². The molecule has 0 amide bonds. The van der Waals surface area contributed by atoms with E-state index in [4.69, 9.17) is 4.74 Å². The molecule has 1 atom stereocenters. The van der Waals surface area contributed by atoms with Gasteiger partial charge in [-0.2, -0.15) is 0 Å². The lowest BCUT2D eigenvalue weighted by Crippen LogP contribution is -2.19. The van der Waals surface area contributed by atoms with Gasteiger partial charge in [0.2, 0.25) is 0 Å². The van der Waals surface area contributed by atoms with Gasteiger partial charge in [0.05, 0.1) is 11.6 Å². The first kappa shape index (κ1) is 10.5. The fourth-order valence-electron chi connectivity index (χ4n) is 1.93. The van der Waals surface area contributed by atoms with Gasteiger partial charge in [0.1, 0.15) is 12.4 Å². The summed E-state index contributed by atoms with van der Waals surface area (Å²) in [7, 11) is 0. The molecule has 1 heterocycles. The standard InChI is InChI=1S/C14H15NO2/c16-14(11-3-4-11)9-17-12-6-5-10-2-1-7-15-13(10)8-12/h1-2,5-8,11,14,16H,3-4,9H2. The second-order valence-corrected chi connectivity index (χ2v) is 4.57. The van der Waals surface area contributed by atoms with Gasteiger partial charge in [-0.3, -0.25) is 4.98 Å². The van der Waals surface area contributed by atoms with Crippen LogP contribution in [0.25, 0.3) is 10.9 Å². The van der Waals surface area contributed by atoms with E-state index < -0.39 is 0 Å². The Kier molecular flexibility index (Phi) is 2.69. The smallest absolute Gasteiger partial charge is 0.121 e. The molecule has 1 saturated carbocycles. The van der Waals surface area contributed by atoms with E-state index in [1.165, 1.54) is 0 Å². The highest BCUT2D eigenvalue weighted by atomic mass is 16.5. The Balaban J connectivity index is 1.71. The molecule has 88 valence electrons. The average molecular weight is 229 g/mol. The van der Waals surface area contributed by atoms with Gasteiger partial charge in [0.15, 0.2) is 0 Å². The largest absolute Gasteiger partial charge is 0.491 e. The predicted octanol–water partition coefficient (Wildman–Crippen LogP) is 2.38. The zero-order chi connectivity index (χ0) is 11.7. The fraction of sp³-hybridized carbons (Fsp3) is 0.357. The molecule has 0 aliphatic heterocycles. The van der Waals surface area contributed by atoms with Gasteiger partial charge in [0, 0.05) is 17.6 Å². The first-order valence-electron chi connectivity index (χ1n) is 5.98. The van der Waals surface area contributed by atoms with Crippen molar-refractivity contribution in [1.82, 2.24) is 4.98 Å². The van der Waals surface area contributed by atoms with Gasteiger partial charge in [-0.1, -0.05) is 6.07 Å². The van der Waals surface area contributed by atoms with Crippen LogP contribution in [-0.4, -0.2) is 22.8 Å². The van der Waals surface area contributed by atoms with Crippen molar-refractivity contribution in [3.8, 4) is 5.75 Å². The van der Waals surface area contributed by atoms with Gasteiger partial charge in [0.25, 0.3) is 0 Å². The van der Waals surface area contributed by atoms with Crippen LogP contribution in [-0.2, 0) is 0 Å². The quantitative estimate of drug-likeness (QED) is 0.875. The van der Waals surface area contributed by atoms with Crippen LogP contribution in [0.3, 0.4) is 0 Å². The van der Waals surface area contributed by atoms with Crippen molar-refractivity contribution in [3.05, 3.63) is 36.5 Å². The zero-order valence-corrected chi connectivity index (χ0v) is 9.54. The Morgan fingerprint density at radius 2 is 2.24 bits per heavy atom. The highest BCUT2D eigenvalue weighted by molar-refractivity contribution is 5.79. The first-order valence-corrected chi connectivity index (χ1v) is 5.98. The number of aliphatic hydroxyl groups excluding tert-OH is 1. The molecule has 3 heteroatoms. The number of aliphatic hydroxyl groups is 1. The van der Waals surface area contributed by atoms with Gasteiger partial charge >= 0.3 is 0 Å². The topological polar surface area (TPSA) is 42.4 Å². The maximum Gasteiger partial charge on any atom is 0.121 e. The molecule has 0 bridgehead atoms. The summed E-state index contributed by atoms with van der Waals surface area (Å²) in [5, 5.41) is 10.8. The molecule has 1 aromatic carbocycles. The van der Waals surface area contributed by atoms with Crippen molar-refractivity contribution in [2.24, 2.45) is 5.92 Å². The van der Waals surface area contributed by atoms with Crippen molar-refractivity contribution >= 4 is 10.9 Å². The molecule has 1 aromatic heterocycles. The number of nitrogens with zero attached hydrogens (tertiary/aromatic N) is 1. The van der Waals surface area contributed by atoms with Crippen LogP contribution in [0.15, 0.2) is 36.5 Å². The van der Waals surface area contributed by atoms with Gasteiger partial charge < -0.3 is 9.84 Å². The van der Waals surface area contributed by atoms with E-state index in [9.17, 15) is 5.11 Å². The Labute approximate surface area is 100 Å². The molecule has 1 aliphatic carbocycles. The number of benzene rings is 1. The molecule has 17 heavy (non-hydrogen) atoms. The summed E-state index contributed by atoms with van der Waals surface area (Å²) >= 11 is 0. The van der Waals surface area contributed by atoms with Crippen LogP contribution in [0.2, 0.25) is 0 Å².